The fraction of sp³-hybridized carbons (Fsp3) is 0.262. The summed E-state index contributed by atoms with van der Waals surface area (Å²) in [4.78, 5) is 22.9. The van der Waals surface area contributed by atoms with Crippen molar-refractivity contribution in [2.24, 2.45) is 0 Å². The summed E-state index contributed by atoms with van der Waals surface area (Å²) in [6, 6.07) is 26.7. The van der Waals surface area contributed by atoms with Crippen LogP contribution in [0.1, 0.15) is 62.8 Å². The molecule has 3 N–H and O–H groups in total. The number of aromatic nitrogens is 6. The third-order valence-corrected chi connectivity index (χ3v) is 12.9. The maximum absolute atomic E-state index is 13.7. The molecule has 276 valence electrons. The zero-order valence-electron chi connectivity index (χ0n) is 31.5. The fourth-order valence-electron chi connectivity index (χ4n) is 6.57. The van der Waals surface area contributed by atoms with E-state index >= 15 is 0 Å². The Kier molecular flexibility index (Phi) is 10.1. The SMILES string of the molecule is CCP(=O)(CC)Cc1cccc(-n2nc(C(C)(C)C)cc2NC(=O)Nc2ccc(Oc3ccnc(Cc4cc(C)c5[nH]ncc5c4)n3)c3ccccc23)c1. The first-order valence-corrected chi connectivity index (χ1v) is 20.5. The molecule has 12 heteroatoms. The molecule has 0 bridgehead atoms. The number of urea groups is 1. The summed E-state index contributed by atoms with van der Waals surface area (Å²) >= 11 is 0. The van der Waals surface area contributed by atoms with Crippen LogP contribution in [0.25, 0.3) is 27.4 Å². The number of H-pyrrole nitrogens is 1. The average molecular weight is 741 g/mol. The maximum Gasteiger partial charge on any atom is 0.324 e. The van der Waals surface area contributed by atoms with Gasteiger partial charge in [0.15, 0.2) is 0 Å². The number of hydrogen-bond acceptors (Lipinski definition) is 7. The molecule has 0 spiro atoms. The molecule has 0 aliphatic rings. The Hall–Kier alpha value is -5.80. The highest BCUT2D eigenvalue weighted by Crippen LogP contribution is 2.48. The molecule has 11 nitrogen and oxygen atoms in total. The number of benzene rings is 4. The van der Waals surface area contributed by atoms with E-state index in [1.165, 1.54) is 0 Å². The Morgan fingerprint density at radius 2 is 1.70 bits per heavy atom. The molecule has 0 saturated heterocycles. The normalized spacial score (nSPS) is 12.0. The number of nitrogens with one attached hydrogen (secondary N) is 3. The predicted molar refractivity (Wildman–Crippen MR) is 217 cm³/mol. The van der Waals surface area contributed by atoms with E-state index in [0.29, 0.717) is 53.9 Å². The summed E-state index contributed by atoms with van der Waals surface area (Å²) in [7, 11) is -2.30. The van der Waals surface area contributed by atoms with E-state index in [1.54, 1.807) is 16.9 Å². The van der Waals surface area contributed by atoms with Crippen LogP contribution in [0.15, 0.2) is 97.3 Å². The van der Waals surface area contributed by atoms with Gasteiger partial charge in [-0.05, 0) is 66.3 Å². The van der Waals surface area contributed by atoms with Crippen LogP contribution < -0.4 is 15.4 Å². The number of nitrogens with zero attached hydrogens (tertiary/aromatic N) is 5. The van der Waals surface area contributed by atoms with Gasteiger partial charge in [-0.1, -0.05) is 77.1 Å². The van der Waals surface area contributed by atoms with Gasteiger partial charge in [0, 0.05) is 52.5 Å². The summed E-state index contributed by atoms with van der Waals surface area (Å²) in [6.45, 7) is 12.3. The Morgan fingerprint density at radius 3 is 2.48 bits per heavy atom. The van der Waals surface area contributed by atoms with Crippen LogP contribution in [-0.4, -0.2) is 48.3 Å². The van der Waals surface area contributed by atoms with Crippen molar-refractivity contribution < 1.29 is 14.1 Å². The number of hydrogen-bond donors (Lipinski definition) is 3. The average Bonchev–Trinajstić information content (AvgIpc) is 3.81. The Morgan fingerprint density at radius 1 is 0.907 bits per heavy atom. The molecule has 4 aromatic carbocycles. The van der Waals surface area contributed by atoms with E-state index in [0.717, 1.165) is 49.7 Å². The lowest BCUT2D eigenvalue weighted by molar-refractivity contribution is 0.262. The van der Waals surface area contributed by atoms with Crippen LogP contribution in [-0.2, 0) is 22.6 Å². The van der Waals surface area contributed by atoms with Crippen molar-refractivity contribution in [1.29, 1.82) is 0 Å². The first-order valence-electron chi connectivity index (χ1n) is 18.2. The van der Waals surface area contributed by atoms with Crippen LogP contribution in [0.4, 0.5) is 16.3 Å². The van der Waals surface area contributed by atoms with Crippen molar-refractivity contribution >= 4 is 46.4 Å². The zero-order valence-corrected chi connectivity index (χ0v) is 32.4. The van der Waals surface area contributed by atoms with Gasteiger partial charge in [-0.3, -0.25) is 10.4 Å². The van der Waals surface area contributed by atoms with Gasteiger partial charge in [-0.15, -0.1) is 0 Å². The van der Waals surface area contributed by atoms with E-state index < -0.39 is 13.2 Å². The van der Waals surface area contributed by atoms with Crippen molar-refractivity contribution in [3.8, 4) is 17.3 Å². The number of rotatable bonds is 11. The standard InChI is InChI=1S/C42H45N8O3P/c1-7-54(52,8-2)26-28-12-11-13-31(22-28)50-38(24-36(49-50)42(4,5)6)47-41(51)45-34-16-17-35(33-15-10-9-14-32(33)34)53-39-18-19-43-37(46-39)23-29-20-27(3)40-30(21-29)25-44-48-40/h9-22,24-25H,7-8,23,26H2,1-6H3,(H,44,48)(H2,45,47,51). The fourth-order valence-corrected chi connectivity index (χ4v) is 8.33. The lowest BCUT2D eigenvalue weighted by Crippen LogP contribution is -2.21. The molecule has 3 heterocycles. The smallest absolute Gasteiger partial charge is 0.324 e. The van der Waals surface area contributed by atoms with Crippen molar-refractivity contribution in [3.05, 3.63) is 126 Å². The molecule has 7 aromatic rings. The van der Waals surface area contributed by atoms with Gasteiger partial charge in [0.05, 0.1) is 35.9 Å². The molecule has 2 amide bonds. The number of amides is 2. The quantitative estimate of drug-likeness (QED) is 0.112. The monoisotopic (exact) mass is 740 g/mol. The van der Waals surface area contributed by atoms with Crippen LogP contribution in [0, 0.1) is 6.92 Å². The van der Waals surface area contributed by atoms with Gasteiger partial charge in [0.25, 0.3) is 0 Å². The minimum Gasteiger partial charge on any atom is -0.438 e. The highest BCUT2D eigenvalue weighted by molar-refractivity contribution is 7.63. The second-order valence-electron chi connectivity index (χ2n) is 14.7. The van der Waals surface area contributed by atoms with Crippen molar-refractivity contribution in [3.63, 3.8) is 0 Å². The van der Waals surface area contributed by atoms with E-state index in [4.69, 9.17) is 14.8 Å². The molecule has 7 rings (SSSR count). The molecule has 0 unspecified atom stereocenters. The first-order chi connectivity index (χ1) is 25.9. The van der Waals surface area contributed by atoms with E-state index in [9.17, 15) is 9.36 Å². The van der Waals surface area contributed by atoms with Gasteiger partial charge in [0.1, 0.15) is 17.4 Å². The molecule has 54 heavy (non-hydrogen) atoms. The molecule has 0 radical (unpaired) electrons. The van der Waals surface area contributed by atoms with Crippen LogP contribution in [0.3, 0.4) is 0 Å². The zero-order chi connectivity index (χ0) is 38.0. The number of aromatic amines is 1. The molecule has 3 aromatic heterocycles. The Balaban J connectivity index is 1.11. The number of fused-ring (bicyclic) bond motifs is 2. The number of anilines is 2. The number of carbonyl (C=O) groups excluding carboxylic acids is 1. The minimum atomic E-state index is -2.30. The topological polar surface area (TPSA) is 140 Å². The predicted octanol–water partition coefficient (Wildman–Crippen LogP) is 10.2. The third kappa shape index (κ3) is 7.92. The lowest BCUT2D eigenvalue weighted by Gasteiger charge is -2.16. The van der Waals surface area contributed by atoms with Crippen LogP contribution in [0.5, 0.6) is 11.6 Å². The molecular weight excluding hydrogens is 695 g/mol. The summed E-state index contributed by atoms with van der Waals surface area (Å²) in [6.07, 6.45) is 5.90. The first kappa shape index (κ1) is 36.6. The number of carbonyl (C=O) groups is 1. The van der Waals surface area contributed by atoms with Gasteiger partial charge in [0.2, 0.25) is 5.88 Å². The molecule has 0 saturated carbocycles. The van der Waals surface area contributed by atoms with Gasteiger partial charge < -0.3 is 14.6 Å². The van der Waals surface area contributed by atoms with Gasteiger partial charge >= 0.3 is 6.03 Å². The molecule has 0 atom stereocenters. The second-order valence-corrected chi connectivity index (χ2v) is 18.4. The Labute approximate surface area is 315 Å². The Bertz CT molecular complexity index is 2530. The van der Waals surface area contributed by atoms with Gasteiger partial charge in [-0.25, -0.2) is 14.5 Å². The largest absolute Gasteiger partial charge is 0.438 e. The third-order valence-electron chi connectivity index (χ3n) is 9.69. The molecule has 0 fully saturated rings. The van der Waals surface area contributed by atoms with Crippen LogP contribution in [0.2, 0.25) is 0 Å². The second kappa shape index (κ2) is 14.9. The highest BCUT2D eigenvalue weighted by atomic mass is 31.2. The molecule has 0 aliphatic carbocycles. The number of ether oxygens (including phenoxy) is 1. The summed E-state index contributed by atoms with van der Waals surface area (Å²) in [5.74, 6) is 2.17. The van der Waals surface area contributed by atoms with E-state index in [1.807, 2.05) is 86.8 Å². The maximum atomic E-state index is 13.7. The number of aryl methyl sites for hydroxylation is 1. The van der Waals surface area contributed by atoms with Crippen LogP contribution >= 0.6 is 7.14 Å². The summed E-state index contributed by atoms with van der Waals surface area (Å²) in [5.41, 5.74) is 6.16. The van der Waals surface area contributed by atoms with Crippen molar-refractivity contribution in [2.75, 3.05) is 23.0 Å². The van der Waals surface area contributed by atoms with E-state index in [-0.39, 0.29) is 5.41 Å². The highest BCUT2D eigenvalue weighted by Gasteiger charge is 2.23. The molecular formula is C42H45N8O3P. The molecule has 0 aliphatic heterocycles. The van der Waals surface area contributed by atoms with Gasteiger partial charge in [-0.2, -0.15) is 15.2 Å². The van der Waals surface area contributed by atoms with Crippen molar-refractivity contribution in [2.45, 2.75) is 59.5 Å². The summed E-state index contributed by atoms with van der Waals surface area (Å²) < 4.78 is 21.4. The van der Waals surface area contributed by atoms with E-state index in [2.05, 4.69) is 65.6 Å². The minimum absolute atomic E-state index is 0.264. The lowest BCUT2D eigenvalue weighted by atomic mass is 9.92. The van der Waals surface area contributed by atoms with Crippen molar-refractivity contribution in [1.82, 2.24) is 29.9 Å². The summed E-state index contributed by atoms with van der Waals surface area (Å²) in [5, 5.41) is 20.9.